The molecule has 2 rings (SSSR count). The zero-order valence-corrected chi connectivity index (χ0v) is 11.0. The number of hydrogen-bond donors (Lipinski definition) is 2. The molecule has 0 unspecified atom stereocenters. The van der Waals surface area contributed by atoms with Crippen LogP contribution in [0.5, 0.6) is 5.75 Å². The van der Waals surface area contributed by atoms with Gasteiger partial charge in [-0.15, -0.1) is 0 Å². The van der Waals surface area contributed by atoms with Gasteiger partial charge in [0.1, 0.15) is 11.6 Å². The SMILES string of the molecule is O=S(=O)(Nc1ccc(F)c(Cl)c1)c1cccc(O)c1. The van der Waals surface area contributed by atoms with E-state index in [2.05, 4.69) is 4.72 Å². The first-order valence-electron chi connectivity index (χ1n) is 5.15. The molecule has 2 aromatic rings. The van der Waals surface area contributed by atoms with Gasteiger partial charge in [0.25, 0.3) is 10.0 Å². The van der Waals surface area contributed by atoms with Gasteiger partial charge in [-0.05, 0) is 30.3 Å². The Morgan fingerprint density at radius 2 is 1.89 bits per heavy atom. The maximum atomic E-state index is 13.0. The molecule has 0 aliphatic rings. The molecule has 7 heteroatoms. The molecule has 0 radical (unpaired) electrons. The smallest absolute Gasteiger partial charge is 0.262 e. The molecular formula is C12H9ClFNO3S. The van der Waals surface area contributed by atoms with E-state index in [1.807, 2.05) is 0 Å². The fraction of sp³-hybridized carbons (Fsp3) is 0. The predicted octanol–water partition coefficient (Wildman–Crippen LogP) is 2.99. The zero-order chi connectivity index (χ0) is 14.0. The minimum Gasteiger partial charge on any atom is -0.508 e. The van der Waals surface area contributed by atoms with Crippen molar-refractivity contribution in [2.45, 2.75) is 4.90 Å². The molecule has 0 aliphatic heterocycles. The number of halogens is 2. The third kappa shape index (κ3) is 3.15. The Morgan fingerprint density at radius 3 is 2.53 bits per heavy atom. The van der Waals surface area contributed by atoms with E-state index in [0.717, 1.165) is 18.2 Å². The number of sulfonamides is 1. The van der Waals surface area contributed by atoms with Gasteiger partial charge in [-0.25, -0.2) is 12.8 Å². The molecule has 4 nitrogen and oxygen atoms in total. The Morgan fingerprint density at radius 1 is 1.16 bits per heavy atom. The summed E-state index contributed by atoms with van der Waals surface area (Å²) < 4.78 is 39.2. The fourth-order valence-corrected chi connectivity index (χ4v) is 2.69. The molecule has 0 amide bonds. The quantitative estimate of drug-likeness (QED) is 0.916. The Labute approximate surface area is 114 Å². The molecule has 0 atom stereocenters. The summed E-state index contributed by atoms with van der Waals surface area (Å²) in [5.74, 6) is -0.804. The largest absolute Gasteiger partial charge is 0.508 e. The summed E-state index contributed by atoms with van der Waals surface area (Å²) in [4.78, 5) is -0.104. The highest BCUT2D eigenvalue weighted by molar-refractivity contribution is 7.92. The van der Waals surface area contributed by atoms with Crippen molar-refractivity contribution in [1.29, 1.82) is 0 Å². The Bertz CT molecular complexity index is 719. The van der Waals surface area contributed by atoms with Crippen LogP contribution in [0.4, 0.5) is 10.1 Å². The molecule has 0 bridgehead atoms. The van der Waals surface area contributed by atoms with E-state index in [1.54, 1.807) is 0 Å². The number of rotatable bonds is 3. The number of nitrogens with one attached hydrogen (secondary N) is 1. The maximum absolute atomic E-state index is 13.0. The van der Waals surface area contributed by atoms with Crippen molar-refractivity contribution in [2.75, 3.05) is 4.72 Å². The number of phenols is 1. The van der Waals surface area contributed by atoms with Gasteiger partial charge in [-0.1, -0.05) is 17.7 Å². The molecule has 2 N–H and O–H groups in total. The first-order valence-corrected chi connectivity index (χ1v) is 7.01. The van der Waals surface area contributed by atoms with E-state index < -0.39 is 15.8 Å². The summed E-state index contributed by atoms with van der Waals surface area (Å²) in [6, 6.07) is 8.66. The number of phenolic OH excluding ortho intramolecular Hbond substituents is 1. The summed E-state index contributed by atoms with van der Waals surface area (Å²) in [6.45, 7) is 0. The first kappa shape index (κ1) is 13.6. The molecule has 19 heavy (non-hydrogen) atoms. The van der Waals surface area contributed by atoms with Crippen LogP contribution in [0.1, 0.15) is 0 Å². The lowest BCUT2D eigenvalue weighted by Crippen LogP contribution is -2.12. The summed E-state index contributed by atoms with van der Waals surface area (Å²) in [5.41, 5.74) is 0.134. The Kier molecular flexibility index (Phi) is 3.64. The molecule has 100 valence electrons. The molecule has 0 spiro atoms. The van der Waals surface area contributed by atoms with Crippen molar-refractivity contribution in [3.05, 3.63) is 53.3 Å². The van der Waals surface area contributed by atoms with E-state index in [9.17, 15) is 17.9 Å². The second-order valence-corrected chi connectivity index (χ2v) is 5.82. The third-order valence-electron chi connectivity index (χ3n) is 2.30. The average Bonchev–Trinajstić information content (AvgIpc) is 2.33. The Hall–Kier alpha value is -1.79. The fourth-order valence-electron chi connectivity index (χ4n) is 1.42. The number of benzene rings is 2. The van der Waals surface area contributed by atoms with Crippen LogP contribution in [-0.2, 0) is 10.0 Å². The predicted molar refractivity (Wildman–Crippen MR) is 70.3 cm³/mol. The zero-order valence-electron chi connectivity index (χ0n) is 9.47. The van der Waals surface area contributed by atoms with Crippen molar-refractivity contribution in [1.82, 2.24) is 0 Å². The van der Waals surface area contributed by atoms with Gasteiger partial charge in [0.2, 0.25) is 0 Å². The van der Waals surface area contributed by atoms with Crippen molar-refractivity contribution < 1.29 is 17.9 Å². The summed E-state index contributed by atoms with van der Waals surface area (Å²) in [6.07, 6.45) is 0. The lowest BCUT2D eigenvalue weighted by Gasteiger charge is -2.08. The van der Waals surface area contributed by atoms with E-state index in [1.165, 1.54) is 24.3 Å². The lowest BCUT2D eigenvalue weighted by molar-refractivity contribution is 0.473. The van der Waals surface area contributed by atoms with Crippen LogP contribution >= 0.6 is 11.6 Å². The van der Waals surface area contributed by atoms with Crippen molar-refractivity contribution in [2.24, 2.45) is 0 Å². The van der Waals surface area contributed by atoms with Gasteiger partial charge in [0, 0.05) is 6.07 Å². The Balaban J connectivity index is 2.33. The molecule has 0 saturated carbocycles. The highest BCUT2D eigenvalue weighted by Gasteiger charge is 2.15. The molecule has 0 aliphatic carbocycles. The van der Waals surface area contributed by atoms with Crippen molar-refractivity contribution >= 4 is 27.3 Å². The van der Waals surface area contributed by atoms with Crippen LogP contribution in [0.25, 0.3) is 0 Å². The summed E-state index contributed by atoms with van der Waals surface area (Å²) >= 11 is 5.56. The first-order chi connectivity index (χ1) is 8.88. The highest BCUT2D eigenvalue weighted by Crippen LogP contribution is 2.23. The number of aromatic hydroxyl groups is 1. The second kappa shape index (κ2) is 5.07. The summed E-state index contributed by atoms with van der Waals surface area (Å²) in [5, 5.41) is 9.08. The average molecular weight is 302 g/mol. The van der Waals surface area contributed by atoms with Crippen LogP contribution in [0, 0.1) is 5.82 Å². The van der Waals surface area contributed by atoms with Crippen LogP contribution in [0.15, 0.2) is 47.4 Å². The van der Waals surface area contributed by atoms with E-state index in [4.69, 9.17) is 11.6 Å². The van der Waals surface area contributed by atoms with Crippen LogP contribution in [0.2, 0.25) is 5.02 Å². The second-order valence-electron chi connectivity index (χ2n) is 3.73. The third-order valence-corrected chi connectivity index (χ3v) is 3.97. The van der Waals surface area contributed by atoms with Gasteiger partial charge < -0.3 is 5.11 Å². The van der Waals surface area contributed by atoms with E-state index >= 15 is 0 Å². The summed E-state index contributed by atoms with van der Waals surface area (Å²) in [7, 11) is -3.86. The molecule has 0 fully saturated rings. The van der Waals surface area contributed by atoms with Crippen LogP contribution < -0.4 is 4.72 Å². The number of hydrogen-bond acceptors (Lipinski definition) is 3. The van der Waals surface area contributed by atoms with Gasteiger partial charge in [-0.2, -0.15) is 0 Å². The van der Waals surface area contributed by atoms with Crippen LogP contribution in [-0.4, -0.2) is 13.5 Å². The normalized spacial score (nSPS) is 11.3. The topological polar surface area (TPSA) is 66.4 Å². The van der Waals surface area contributed by atoms with Crippen LogP contribution in [0.3, 0.4) is 0 Å². The molecular weight excluding hydrogens is 293 g/mol. The van der Waals surface area contributed by atoms with Gasteiger partial charge in [-0.3, -0.25) is 4.72 Å². The maximum Gasteiger partial charge on any atom is 0.262 e. The van der Waals surface area contributed by atoms with Crippen molar-refractivity contribution in [3.63, 3.8) is 0 Å². The lowest BCUT2D eigenvalue weighted by atomic mass is 10.3. The van der Waals surface area contributed by atoms with Gasteiger partial charge in [0.05, 0.1) is 15.6 Å². The van der Waals surface area contributed by atoms with E-state index in [0.29, 0.717) is 0 Å². The number of anilines is 1. The monoisotopic (exact) mass is 301 g/mol. The van der Waals surface area contributed by atoms with Gasteiger partial charge >= 0.3 is 0 Å². The van der Waals surface area contributed by atoms with Gasteiger partial charge in [0.15, 0.2) is 0 Å². The molecule has 2 aromatic carbocycles. The van der Waals surface area contributed by atoms with Crippen molar-refractivity contribution in [3.8, 4) is 5.75 Å². The minimum atomic E-state index is -3.86. The van der Waals surface area contributed by atoms with E-state index in [-0.39, 0.29) is 21.4 Å². The molecule has 0 aromatic heterocycles. The molecule has 0 heterocycles. The molecule has 0 saturated heterocycles. The standard InChI is InChI=1S/C12H9ClFNO3S/c13-11-6-8(4-5-12(11)14)15-19(17,18)10-3-1-2-9(16)7-10/h1-7,15-16H. The minimum absolute atomic E-state index is 0.104. The highest BCUT2D eigenvalue weighted by atomic mass is 35.5.